The molecule has 4 nitrogen and oxygen atoms in total. The zero-order valence-corrected chi connectivity index (χ0v) is 12.0. The monoisotopic (exact) mass is 281 g/mol. The van der Waals surface area contributed by atoms with E-state index in [0.717, 1.165) is 18.8 Å². The van der Waals surface area contributed by atoms with Crippen LogP contribution in [-0.2, 0) is 0 Å². The molecule has 5 heteroatoms. The molecule has 0 aliphatic heterocycles. The van der Waals surface area contributed by atoms with Crippen molar-refractivity contribution in [2.45, 2.75) is 51.5 Å². The predicted molar refractivity (Wildman–Crippen MR) is 75.2 cm³/mol. The second-order valence-electron chi connectivity index (χ2n) is 5.22. The number of hydrogen-bond donors (Lipinski definition) is 1. The van der Waals surface area contributed by atoms with Crippen LogP contribution < -0.4 is 5.32 Å². The lowest BCUT2D eigenvalue weighted by molar-refractivity contribution is 0.0915. The van der Waals surface area contributed by atoms with Crippen molar-refractivity contribution in [2.24, 2.45) is 5.92 Å². The van der Waals surface area contributed by atoms with Crippen LogP contribution in [0.4, 0.5) is 0 Å². The van der Waals surface area contributed by atoms with Gasteiger partial charge in [-0.1, -0.05) is 31.4 Å². The summed E-state index contributed by atoms with van der Waals surface area (Å²) in [6.45, 7) is 2.23. The lowest BCUT2D eigenvalue weighted by atomic mass is 9.83. The Morgan fingerprint density at radius 2 is 2.05 bits per heavy atom. The number of hydrogen-bond acceptors (Lipinski definition) is 3. The summed E-state index contributed by atoms with van der Waals surface area (Å²) in [7, 11) is 0. The fourth-order valence-corrected chi connectivity index (χ4v) is 2.80. The molecule has 1 amide bonds. The number of rotatable bonds is 4. The van der Waals surface area contributed by atoms with Gasteiger partial charge in [-0.3, -0.25) is 4.79 Å². The van der Waals surface area contributed by atoms with Crippen molar-refractivity contribution in [3.8, 4) is 0 Å². The lowest BCUT2D eigenvalue weighted by Crippen LogP contribution is -2.38. The molecule has 0 unspecified atom stereocenters. The number of aromatic nitrogens is 2. The zero-order chi connectivity index (χ0) is 13.7. The molecular formula is C14H20ClN3O. The van der Waals surface area contributed by atoms with Crippen molar-refractivity contribution in [1.29, 1.82) is 0 Å². The summed E-state index contributed by atoms with van der Waals surface area (Å²) in [4.78, 5) is 12.0. The third kappa shape index (κ3) is 4.16. The highest BCUT2D eigenvalue weighted by molar-refractivity contribution is 6.29. The molecule has 0 spiro atoms. The van der Waals surface area contributed by atoms with E-state index >= 15 is 0 Å². The minimum absolute atomic E-state index is 0.150. The molecule has 19 heavy (non-hydrogen) atoms. The number of amides is 1. The smallest absolute Gasteiger partial charge is 0.272 e. The predicted octanol–water partition coefficient (Wildman–Crippen LogP) is 3.22. The topological polar surface area (TPSA) is 54.9 Å². The summed E-state index contributed by atoms with van der Waals surface area (Å²) in [5.74, 6) is 0.691. The second-order valence-corrected chi connectivity index (χ2v) is 5.61. The standard InChI is InChI=1S/C14H20ClN3O/c1-2-3-10-4-6-11(7-5-10)16-14(19)12-8-9-13(15)18-17-12/h8-11H,2-7H2,1H3,(H,16,19). The van der Waals surface area contributed by atoms with Gasteiger partial charge in [-0.15, -0.1) is 10.2 Å². The summed E-state index contributed by atoms with van der Waals surface area (Å²) in [6, 6.07) is 3.47. The minimum atomic E-state index is -0.150. The average Bonchev–Trinajstić information content (AvgIpc) is 2.42. The Balaban J connectivity index is 1.82. The van der Waals surface area contributed by atoms with Gasteiger partial charge in [0, 0.05) is 6.04 Å². The maximum absolute atomic E-state index is 12.0. The fourth-order valence-electron chi connectivity index (χ4n) is 2.70. The minimum Gasteiger partial charge on any atom is -0.348 e. The molecule has 1 fully saturated rings. The van der Waals surface area contributed by atoms with Crippen molar-refractivity contribution < 1.29 is 4.79 Å². The highest BCUT2D eigenvalue weighted by Gasteiger charge is 2.22. The van der Waals surface area contributed by atoms with Crippen molar-refractivity contribution in [2.75, 3.05) is 0 Å². The normalized spacial score (nSPS) is 23.1. The molecule has 0 atom stereocenters. The summed E-state index contributed by atoms with van der Waals surface area (Å²) < 4.78 is 0. The van der Waals surface area contributed by atoms with Gasteiger partial charge in [0.15, 0.2) is 10.8 Å². The zero-order valence-electron chi connectivity index (χ0n) is 11.2. The van der Waals surface area contributed by atoms with Crippen LogP contribution in [0.25, 0.3) is 0 Å². The van der Waals surface area contributed by atoms with Gasteiger partial charge >= 0.3 is 0 Å². The van der Waals surface area contributed by atoms with E-state index < -0.39 is 0 Å². The largest absolute Gasteiger partial charge is 0.348 e. The van der Waals surface area contributed by atoms with Gasteiger partial charge in [-0.05, 0) is 43.7 Å². The van der Waals surface area contributed by atoms with E-state index in [4.69, 9.17) is 11.6 Å². The molecule has 0 bridgehead atoms. The van der Waals surface area contributed by atoms with Crippen molar-refractivity contribution in [1.82, 2.24) is 15.5 Å². The quantitative estimate of drug-likeness (QED) is 0.922. The molecule has 1 N–H and O–H groups in total. The molecule has 2 rings (SSSR count). The van der Waals surface area contributed by atoms with Crippen LogP contribution in [0.2, 0.25) is 5.15 Å². The maximum Gasteiger partial charge on any atom is 0.272 e. The van der Waals surface area contributed by atoms with Crippen molar-refractivity contribution >= 4 is 17.5 Å². The molecule has 1 aromatic heterocycles. The van der Waals surface area contributed by atoms with E-state index in [1.54, 1.807) is 12.1 Å². The molecule has 0 aromatic carbocycles. The van der Waals surface area contributed by atoms with E-state index in [0.29, 0.717) is 10.8 Å². The Kier molecular flexibility index (Phi) is 5.14. The van der Waals surface area contributed by atoms with Gasteiger partial charge in [-0.2, -0.15) is 0 Å². The maximum atomic E-state index is 12.0. The summed E-state index contributed by atoms with van der Waals surface area (Å²) in [5.41, 5.74) is 0.333. The number of nitrogens with zero attached hydrogens (tertiary/aromatic N) is 2. The number of carbonyl (C=O) groups is 1. The van der Waals surface area contributed by atoms with Crippen LogP contribution in [0.5, 0.6) is 0 Å². The highest BCUT2D eigenvalue weighted by atomic mass is 35.5. The van der Waals surface area contributed by atoms with Gasteiger partial charge < -0.3 is 5.32 Å². The first-order valence-corrected chi connectivity index (χ1v) is 7.37. The number of halogens is 1. The van der Waals surface area contributed by atoms with E-state index in [-0.39, 0.29) is 11.9 Å². The SMILES string of the molecule is CCCC1CCC(NC(=O)c2ccc(Cl)nn2)CC1. The van der Waals surface area contributed by atoms with Crippen LogP contribution in [0.3, 0.4) is 0 Å². The van der Waals surface area contributed by atoms with Crippen LogP contribution in [0, 0.1) is 5.92 Å². The Labute approximate surface area is 118 Å². The average molecular weight is 282 g/mol. The molecule has 1 heterocycles. The summed E-state index contributed by atoms with van der Waals surface area (Å²) >= 11 is 5.65. The van der Waals surface area contributed by atoms with Crippen LogP contribution in [0.1, 0.15) is 55.9 Å². The molecule has 104 valence electrons. The van der Waals surface area contributed by atoms with E-state index in [9.17, 15) is 4.79 Å². The van der Waals surface area contributed by atoms with Crippen molar-refractivity contribution in [3.63, 3.8) is 0 Å². The van der Waals surface area contributed by atoms with E-state index in [1.165, 1.54) is 25.7 Å². The van der Waals surface area contributed by atoms with Crippen LogP contribution in [0.15, 0.2) is 12.1 Å². The molecule has 0 radical (unpaired) electrons. The molecule has 1 aliphatic rings. The Bertz CT molecular complexity index is 413. The third-order valence-electron chi connectivity index (χ3n) is 3.74. The van der Waals surface area contributed by atoms with Gasteiger partial charge in [0.1, 0.15) is 0 Å². The van der Waals surface area contributed by atoms with Crippen LogP contribution in [-0.4, -0.2) is 22.1 Å². The van der Waals surface area contributed by atoms with Gasteiger partial charge in [0.05, 0.1) is 0 Å². The van der Waals surface area contributed by atoms with Crippen LogP contribution >= 0.6 is 11.6 Å². The van der Waals surface area contributed by atoms with E-state index in [1.807, 2.05) is 0 Å². The lowest BCUT2D eigenvalue weighted by Gasteiger charge is -2.28. The number of nitrogens with one attached hydrogen (secondary N) is 1. The van der Waals surface area contributed by atoms with Gasteiger partial charge in [-0.25, -0.2) is 0 Å². The Morgan fingerprint density at radius 1 is 1.32 bits per heavy atom. The Morgan fingerprint density at radius 3 is 2.63 bits per heavy atom. The first-order valence-electron chi connectivity index (χ1n) is 6.99. The molecule has 0 saturated heterocycles. The molecule has 1 aliphatic carbocycles. The third-order valence-corrected chi connectivity index (χ3v) is 3.95. The first-order chi connectivity index (χ1) is 9.19. The van der Waals surface area contributed by atoms with Crippen molar-refractivity contribution in [3.05, 3.63) is 23.0 Å². The molecular weight excluding hydrogens is 262 g/mol. The highest BCUT2D eigenvalue weighted by Crippen LogP contribution is 2.27. The van der Waals surface area contributed by atoms with E-state index in [2.05, 4.69) is 22.4 Å². The number of carbonyl (C=O) groups excluding carboxylic acids is 1. The van der Waals surface area contributed by atoms with Gasteiger partial charge in [0.25, 0.3) is 5.91 Å². The molecule has 1 aromatic rings. The summed E-state index contributed by atoms with van der Waals surface area (Å²) in [6.07, 6.45) is 7.12. The Hall–Kier alpha value is -1.16. The first kappa shape index (κ1) is 14.3. The van der Waals surface area contributed by atoms with Gasteiger partial charge in [0.2, 0.25) is 0 Å². The second kappa shape index (κ2) is 6.85. The fraction of sp³-hybridized carbons (Fsp3) is 0.643. The molecule has 1 saturated carbocycles. The summed E-state index contributed by atoms with van der Waals surface area (Å²) in [5, 5.41) is 10.8.